The van der Waals surface area contributed by atoms with Crippen molar-refractivity contribution < 1.29 is 8.78 Å². The highest BCUT2D eigenvalue weighted by Gasteiger charge is 2.01. The lowest BCUT2D eigenvalue weighted by Gasteiger charge is -2.01. The van der Waals surface area contributed by atoms with Crippen molar-refractivity contribution in [3.63, 3.8) is 0 Å². The Hall–Kier alpha value is -1.71. The van der Waals surface area contributed by atoms with Gasteiger partial charge in [-0.05, 0) is 12.1 Å². The van der Waals surface area contributed by atoms with Crippen LogP contribution in [-0.4, -0.2) is 9.55 Å². The summed E-state index contributed by atoms with van der Waals surface area (Å²) in [6.45, 7) is 0. The lowest BCUT2D eigenvalue weighted by atomic mass is 10.3. The molecule has 2 rings (SSSR count). The number of benzene rings is 1. The Labute approximate surface area is 73.5 Å². The van der Waals surface area contributed by atoms with E-state index < -0.39 is 11.6 Å². The summed E-state index contributed by atoms with van der Waals surface area (Å²) in [6.07, 6.45) is 5.45. The minimum Gasteiger partial charge on any atom is -0.305 e. The highest BCUT2D eigenvalue weighted by Crippen LogP contribution is 2.11. The van der Waals surface area contributed by atoms with Gasteiger partial charge in [0, 0.05) is 12.3 Å². The zero-order chi connectivity index (χ0) is 9.26. The second-order valence-electron chi connectivity index (χ2n) is 2.54. The van der Waals surface area contributed by atoms with Crippen molar-refractivity contribution in [3.8, 4) is 5.69 Å². The van der Waals surface area contributed by atoms with Gasteiger partial charge in [-0.1, -0.05) is 0 Å². The van der Waals surface area contributed by atoms with Gasteiger partial charge >= 0.3 is 0 Å². The molecule has 65 valence electrons. The van der Waals surface area contributed by atoms with Crippen molar-refractivity contribution in [2.24, 2.45) is 0 Å². The van der Waals surface area contributed by atoms with Crippen LogP contribution in [0.15, 0.2) is 30.7 Å². The van der Waals surface area contributed by atoms with Gasteiger partial charge in [-0.15, -0.1) is 0 Å². The quantitative estimate of drug-likeness (QED) is 0.654. The summed E-state index contributed by atoms with van der Waals surface area (Å²) in [7, 11) is 0. The van der Waals surface area contributed by atoms with E-state index in [4.69, 9.17) is 0 Å². The number of aromatic nitrogens is 2. The van der Waals surface area contributed by atoms with E-state index in [1.807, 2.05) is 0 Å². The van der Waals surface area contributed by atoms with Gasteiger partial charge < -0.3 is 4.57 Å². The third-order valence-electron chi connectivity index (χ3n) is 1.60. The number of imidazole rings is 1. The third-order valence-corrected chi connectivity index (χ3v) is 1.60. The maximum atomic E-state index is 12.7. The minimum atomic E-state index is -0.608. The molecule has 0 N–H and O–H groups in total. The zero-order valence-electron chi connectivity index (χ0n) is 6.54. The maximum absolute atomic E-state index is 12.7. The Kier molecular flexibility index (Phi) is 1.81. The van der Waals surface area contributed by atoms with E-state index in [9.17, 15) is 8.78 Å². The van der Waals surface area contributed by atoms with Crippen LogP contribution >= 0.6 is 0 Å². The fraction of sp³-hybridized carbons (Fsp3) is 0. The van der Waals surface area contributed by atoms with E-state index in [1.165, 1.54) is 29.2 Å². The largest absolute Gasteiger partial charge is 0.305 e. The first-order chi connectivity index (χ1) is 6.25. The van der Waals surface area contributed by atoms with Crippen LogP contribution < -0.4 is 0 Å². The highest BCUT2D eigenvalue weighted by atomic mass is 19.1. The van der Waals surface area contributed by atoms with Crippen molar-refractivity contribution in [3.05, 3.63) is 48.6 Å². The van der Waals surface area contributed by atoms with Gasteiger partial charge in [0.1, 0.15) is 17.8 Å². The molecule has 1 aromatic heterocycles. The Morgan fingerprint density at radius 1 is 1.15 bits per heavy atom. The zero-order valence-corrected chi connectivity index (χ0v) is 6.54. The monoisotopic (exact) mass is 179 g/mol. The van der Waals surface area contributed by atoms with E-state index >= 15 is 0 Å². The highest BCUT2D eigenvalue weighted by molar-refractivity contribution is 5.32. The predicted molar refractivity (Wildman–Crippen MR) is 42.3 cm³/mol. The molecule has 1 heterocycles. The molecule has 0 saturated heterocycles. The lowest BCUT2D eigenvalue weighted by Crippen LogP contribution is -1.92. The normalized spacial score (nSPS) is 10.3. The van der Waals surface area contributed by atoms with Crippen LogP contribution in [-0.2, 0) is 0 Å². The van der Waals surface area contributed by atoms with Crippen LogP contribution in [0, 0.1) is 17.8 Å². The molecular weight excluding hydrogens is 174 g/mol. The van der Waals surface area contributed by atoms with Gasteiger partial charge in [-0.2, -0.15) is 0 Å². The molecule has 0 aliphatic rings. The summed E-state index contributed by atoms with van der Waals surface area (Å²) >= 11 is 0. The van der Waals surface area contributed by atoms with E-state index in [2.05, 4.69) is 11.2 Å². The molecule has 1 radical (unpaired) electrons. The van der Waals surface area contributed by atoms with E-state index in [1.54, 1.807) is 0 Å². The molecule has 0 amide bonds. The van der Waals surface area contributed by atoms with Crippen LogP contribution in [0.5, 0.6) is 0 Å². The Morgan fingerprint density at radius 2 is 1.85 bits per heavy atom. The van der Waals surface area contributed by atoms with Crippen molar-refractivity contribution in [2.75, 3.05) is 0 Å². The van der Waals surface area contributed by atoms with Gasteiger partial charge in [-0.3, -0.25) is 0 Å². The number of halogens is 2. The third kappa shape index (κ3) is 1.56. The Morgan fingerprint density at radius 3 is 2.38 bits per heavy atom. The average Bonchev–Trinajstić information content (AvgIpc) is 2.53. The van der Waals surface area contributed by atoms with E-state index in [-0.39, 0.29) is 0 Å². The SMILES string of the molecule is Fc1cc(F)cc(-n2c[c]nc2)c1. The van der Waals surface area contributed by atoms with Crippen molar-refractivity contribution in [1.29, 1.82) is 0 Å². The van der Waals surface area contributed by atoms with Crippen LogP contribution in [0.25, 0.3) is 5.69 Å². The molecule has 1 aromatic carbocycles. The summed E-state index contributed by atoms with van der Waals surface area (Å²) in [5, 5.41) is 0. The standard InChI is InChI=1S/C9H5F2N2/c10-7-3-8(11)5-9(4-7)13-2-1-12-6-13/h2-6H. The van der Waals surface area contributed by atoms with E-state index in [0.717, 1.165) is 6.07 Å². The molecule has 0 unspecified atom stereocenters. The van der Waals surface area contributed by atoms with Crippen molar-refractivity contribution in [1.82, 2.24) is 9.55 Å². The molecule has 13 heavy (non-hydrogen) atoms. The first kappa shape index (κ1) is 7.91. The fourth-order valence-electron chi connectivity index (χ4n) is 1.05. The summed E-state index contributed by atoms with van der Waals surface area (Å²) < 4.78 is 27.0. The first-order valence-electron chi connectivity index (χ1n) is 3.62. The molecule has 0 fully saturated rings. The number of rotatable bonds is 1. The average molecular weight is 179 g/mol. The molecule has 0 spiro atoms. The Balaban J connectivity index is 2.53. The molecule has 0 saturated carbocycles. The smallest absolute Gasteiger partial charge is 0.128 e. The summed E-state index contributed by atoms with van der Waals surface area (Å²) in [5.41, 5.74) is 0.395. The molecule has 0 aliphatic carbocycles. The van der Waals surface area contributed by atoms with Crippen LogP contribution in [0.2, 0.25) is 0 Å². The van der Waals surface area contributed by atoms with Gasteiger partial charge in [0.15, 0.2) is 0 Å². The Bertz CT molecular complexity index is 389. The molecular formula is C9H5F2N2. The summed E-state index contributed by atoms with van der Waals surface area (Å²) in [6, 6.07) is 3.27. The summed E-state index contributed by atoms with van der Waals surface area (Å²) in [5.74, 6) is -1.22. The number of hydrogen-bond acceptors (Lipinski definition) is 1. The van der Waals surface area contributed by atoms with Crippen LogP contribution in [0.3, 0.4) is 0 Å². The fourth-order valence-corrected chi connectivity index (χ4v) is 1.05. The molecule has 0 atom stereocenters. The molecule has 2 aromatic rings. The number of hydrogen-bond donors (Lipinski definition) is 0. The van der Waals surface area contributed by atoms with Gasteiger partial charge in [0.05, 0.1) is 12.0 Å². The topological polar surface area (TPSA) is 17.8 Å². The molecule has 2 nitrogen and oxygen atoms in total. The van der Waals surface area contributed by atoms with Crippen molar-refractivity contribution in [2.45, 2.75) is 0 Å². The van der Waals surface area contributed by atoms with Crippen LogP contribution in [0.1, 0.15) is 0 Å². The minimum absolute atomic E-state index is 0.395. The van der Waals surface area contributed by atoms with Gasteiger partial charge in [0.2, 0.25) is 0 Å². The predicted octanol–water partition coefficient (Wildman–Crippen LogP) is 1.95. The lowest BCUT2D eigenvalue weighted by molar-refractivity contribution is 0.581. The van der Waals surface area contributed by atoms with E-state index in [0.29, 0.717) is 5.69 Å². The maximum Gasteiger partial charge on any atom is 0.128 e. The number of nitrogens with zero attached hydrogens (tertiary/aromatic N) is 2. The molecule has 4 heteroatoms. The van der Waals surface area contributed by atoms with Gasteiger partial charge in [0.25, 0.3) is 0 Å². The van der Waals surface area contributed by atoms with Crippen molar-refractivity contribution >= 4 is 0 Å². The summed E-state index contributed by atoms with van der Waals surface area (Å²) in [4.78, 5) is 3.65. The second kappa shape index (κ2) is 2.97. The molecule has 0 aliphatic heterocycles. The van der Waals surface area contributed by atoms with Crippen LogP contribution in [0.4, 0.5) is 8.78 Å². The first-order valence-corrected chi connectivity index (χ1v) is 3.62. The second-order valence-corrected chi connectivity index (χ2v) is 2.54. The molecule has 0 bridgehead atoms. The van der Waals surface area contributed by atoms with Gasteiger partial charge in [-0.25, -0.2) is 13.8 Å².